The number of likely N-dealkylation sites (tertiary alicyclic amines) is 1. The smallest absolute Gasteiger partial charge is 0.157 e. The van der Waals surface area contributed by atoms with Crippen LogP contribution in [0.25, 0.3) is 0 Å². The third-order valence-corrected chi connectivity index (χ3v) is 4.45. The molecule has 1 aliphatic heterocycles. The Morgan fingerprint density at radius 2 is 2.05 bits per heavy atom. The van der Waals surface area contributed by atoms with Crippen molar-refractivity contribution in [2.24, 2.45) is 0 Å². The van der Waals surface area contributed by atoms with Crippen LogP contribution in [0.3, 0.4) is 0 Å². The SMILES string of the molecule is C#C/C=C\C(=C/C)C1(N2CCCC2)CCCCC1=O. The molecule has 0 aromatic rings. The molecule has 2 aliphatic rings. The van der Waals surface area contributed by atoms with Crippen LogP contribution in [0.5, 0.6) is 0 Å². The van der Waals surface area contributed by atoms with Crippen molar-refractivity contribution in [3.63, 3.8) is 0 Å². The van der Waals surface area contributed by atoms with E-state index in [0.717, 1.165) is 37.9 Å². The molecule has 0 spiro atoms. The topological polar surface area (TPSA) is 20.3 Å². The monoisotopic (exact) mass is 257 g/mol. The van der Waals surface area contributed by atoms with Crippen LogP contribution in [0.4, 0.5) is 0 Å². The van der Waals surface area contributed by atoms with Crippen LogP contribution in [-0.2, 0) is 4.79 Å². The molecule has 19 heavy (non-hydrogen) atoms. The maximum atomic E-state index is 12.7. The van der Waals surface area contributed by atoms with Crippen LogP contribution in [0, 0.1) is 12.3 Å². The van der Waals surface area contributed by atoms with Gasteiger partial charge in [-0.05, 0) is 63.4 Å². The number of allylic oxidation sites excluding steroid dienone is 2. The summed E-state index contributed by atoms with van der Waals surface area (Å²) in [5.74, 6) is 2.93. The summed E-state index contributed by atoms with van der Waals surface area (Å²) in [6, 6.07) is 0. The van der Waals surface area contributed by atoms with E-state index in [1.165, 1.54) is 12.8 Å². The second-order valence-corrected chi connectivity index (χ2v) is 5.43. The maximum absolute atomic E-state index is 12.7. The molecule has 2 fully saturated rings. The first kappa shape index (κ1) is 14.1. The van der Waals surface area contributed by atoms with Crippen molar-refractivity contribution in [2.45, 2.75) is 51.0 Å². The quantitative estimate of drug-likeness (QED) is 0.572. The van der Waals surface area contributed by atoms with Crippen molar-refractivity contribution >= 4 is 5.78 Å². The van der Waals surface area contributed by atoms with E-state index in [1.807, 2.05) is 13.0 Å². The van der Waals surface area contributed by atoms with Gasteiger partial charge in [0.15, 0.2) is 5.78 Å². The van der Waals surface area contributed by atoms with Gasteiger partial charge in [0.1, 0.15) is 5.54 Å². The van der Waals surface area contributed by atoms with Crippen LogP contribution in [0.15, 0.2) is 23.8 Å². The summed E-state index contributed by atoms with van der Waals surface area (Å²) in [6.07, 6.45) is 17.3. The fraction of sp³-hybridized carbons (Fsp3) is 0.588. The van der Waals surface area contributed by atoms with E-state index in [0.29, 0.717) is 12.2 Å². The minimum atomic E-state index is -0.392. The predicted molar refractivity (Wildman–Crippen MR) is 78.7 cm³/mol. The fourth-order valence-corrected chi connectivity index (χ4v) is 3.54. The molecule has 2 heteroatoms. The summed E-state index contributed by atoms with van der Waals surface area (Å²) in [4.78, 5) is 15.1. The molecule has 0 aromatic heterocycles. The Bertz CT molecular complexity index is 435. The zero-order valence-electron chi connectivity index (χ0n) is 11.8. The van der Waals surface area contributed by atoms with Gasteiger partial charge in [0, 0.05) is 6.42 Å². The first-order valence-corrected chi connectivity index (χ1v) is 7.33. The normalized spacial score (nSPS) is 29.9. The molecule has 2 rings (SSSR count). The Morgan fingerprint density at radius 3 is 2.63 bits per heavy atom. The van der Waals surface area contributed by atoms with Gasteiger partial charge in [-0.1, -0.05) is 18.4 Å². The lowest BCUT2D eigenvalue weighted by molar-refractivity contribution is -0.130. The lowest BCUT2D eigenvalue weighted by Crippen LogP contribution is -2.56. The van der Waals surface area contributed by atoms with E-state index in [2.05, 4.69) is 16.9 Å². The molecule has 1 unspecified atom stereocenters. The molecule has 0 bridgehead atoms. The number of hydrogen-bond acceptors (Lipinski definition) is 2. The Labute approximate surface area is 116 Å². The lowest BCUT2D eigenvalue weighted by Gasteiger charge is -2.44. The highest BCUT2D eigenvalue weighted by Gasteiger charge is 2.47. The van der Waals surface area contributed by atoms with Crippen LogP contribution in [0.1, 0.15) is 45.4 Å². The highest BCUT2D eigenvalue weighted by molar-refractivity contribution is 5.93. The van der Waals surface area contributed by atoms with Crippen molar-refractivity contribution in [1.82, 2.24) is 4.90 Å². The molecule has 2 nitrogen and oxygen atoms in total. The van der Waals surface area contributed by atoms with E-state index in [9.17, 15) is 4.79 Å². The number of carbonyl (C=O) groups is 1. The second-order valence-electron chi connectivity index (χ2n) is 5.43. The molecule has 1 saturated carbocycles. The standard InChI is InChI=1S/C17H23NO/c1-3-5-10-15(4-2)17(18-13-8-9-14-18)12-7-6-11-16(17)19/h1,4-5,10H,6-9,11-14H2,2H3/b10-5-,15-4+. The van der Waals surface area contributed by atoms with Gasteiger partial charge in [0.2, 0.25) is 0 Å². The van der Waals surface area contributed by atoms with Crippen LogP contribution in [-0.4, -0.2) is 29.3 Å². The first-order valence-electron chi connectivity index (χ1n) is 7.33. The van der Waals surface area contributed by atoms with Gasteiger partial charge in [0.25, 0.3) is 0 Å². The molecule has 1 saturated heterocycles. The Balaban J connectivity index is 2.40. The van der Waals surface area contributed by atoms with Crippen molar-refractivity contribution in [3.8, 4) is 12.3 Å². The summed E-state index contributed by atoms with van der Waals surface area (Å²) in [5, 5.41) is 0. The second kappa shape index (κ2) is 6.21. The maximum Gasteiger partial charge on any atom is 0.157 e. The number of ketones is 1. The van der Waals surface area contributed by atoms with E-state index < -0.39 is 5.54 Å². The predicted octanol–water partition coefficient (Wildman–Crippen LogP) is 3.10. The number of hydrogen-bond donors (Lipinski definition) is 0. The number of nitrogens with zero attached hydrogens (tertiary/aromatic N) is 1. The minimum absolute atomic E-state index is 0.385. The molecule has 102 valence electrons. The van der Waals surface area contributed by atoms with Gasteiger partial charge in [-0.2, -0.15) is 0 Å². The Morgan fingerprint density at radius 1 is 1.32 bits per heavy atom. The van der Waals surface area contributed by atoms with Crippen LogP contribution < -0.4 is 0 Å². The molecule has 0 radical (unpaired) electrons. The molecular weight excluding hydrogens is 234 g/mol. The number of rotatable bonds is 3. The average molecular weight is 257 g/mol. The third kappa shape index (κ3) is 2.53. The minimum Gasteiger partial charge on any atom is -0.297 e. The third-order valence-electron chi connectivity index (χ3n) is 4.45. The van der Waals surface area contributed by atoms with Crippen molar-refractivity contribution in [3.05, 3.63) is 23.8 Å². The van der Waals surface area contributed by atoms with Gasteiger partial charge in [-0.15, -0.1) is 6.42 Å². The Kier molecular flexibility index (Phi) is 4.61. The molecular formula is C17H23NO. The molecule has 0 N–H and O–H groups in total. The molecule has 0 aromatic carbocycles. The summed E-state index contributed by atoms with van der Waals surface area (Å²) in [5.41, 5.74) is 0.702. The van der Waals surface area contributed by atoms with E-state index >= 15 is 0 Å². The Hall–Kier alpha value is -1.33. The van der Waals surface area contributed by atoms with Crippen LogP contribution in [0.2, 0.25) is 0 Å². The largest absolute Gasteiger partial charge is 0.297 e. The van der Waals surface area contributed by atoms with Crippen molar-refractivity contribution in [1.29, 1.82) is 0 Å². The number of carbonyl (C=O) groups excluding carboxylic acids is 1. The number of Topliss-reactive ketones (excluding diaryl/α,β-unsaturated/α-hetero) is 1. The fourth-order valence-electron chi connectivity index (χ4n) is 3.54. The van der Waals surface area contributed by atoms with Crippen molar-refractivity contribution in [2.75, 3.05) is 13.1 Å². The molecule has 0 amide bonds. The van der Waals surface area contributed by atoms with Gasteiger partial charge in [-0.3, -0.25) is 9.69 Å². The lowest BCUT2D eigenvalue weighted by atomic mass is 9.73. The van der Waals surface area contributed by atoms with Crippen LogP contribution >= 0.6 is 0 Å². The first-order chi connectivity index (χ1) is 9.25. The van der Waals surface area contributed by atoms with Gasteiger partial charge >= 0.3 is 0 Å². The molecule has 1 aliphatic carbocycles. The zero-order chi connectivity index (χ0) is 13.7. The highest BCUT2D eigenvalue weighted by Crippen LogP contribution is 2.39. The average Bonchev–Trinajstić information content (AvgIpc) is 2.96. The van der Waals surface area contributed by atoms with Gasteiger partial charge in [0.05, 0.1) is 0 Å². The zero-order valence-corrected chi connectivity index (χ0v) is 11.8. The van der Waals surface area contributed by atoms with E-state index in [-0.39, 0.29) is 0 Å². The van der Waals surface area contributed by atoms with Gasteiger partial charge in [-0.25, -0.2) is 0 Å². The summed E-state index contributed by atoms with van der Waals surface area (Å²) in [7, 11) is 0. The van der Waals surface area contributed by atoms with Crippen molar-refractivity contribution < 1.29 is 4.79 Å². The number of terminal acetylenes is 1. The summed E-state index contributed by atoms with van der Waals surface area (Å²) >= 11 is 0. The van der Waals surface area contributed by atoms with E-state index in [4.69, 9.17) is 6.42 Å². The molecule has 1 atom stereocenters. The van der Waals surface area contributed by atoms with Gasteiger partial charge < -0.3 is 0 Å². The summed E-state index contributed by atoms with van der Waals surface area (Å²) in [6.45, 7) is 4.08. The van der Waals surface area contributed by atoms with E-state index in [1.54, 1.807) is 6.08 Å². The molecule has 1 heterocycles. The highest BCUT2D eigenvalue weighted by atomic mass is 16.1. The summed E-state index contributed by atoms with van der Waals surface area (Å²) < 4.78 is 0.